The lowest BCUT2D eigenvalue weighted by Gasteiger charge is -2.36. The number of rotatable bonds is 2. The molecule has 0 N–H and O–H groups in total. The maximum absolute atomic E-state index is 3.47. The summed E-state index contributed by atoms with van der Waals surface area (Å²) in [5.74, 6) is 1.79. The van der Waals surface area contributed by atoms with Crippen LogP contribution in [0.2, 0.25) is 0 Å². The standard InChI is InChI=1S/C12H15Br/c1-2-9-5-8-12(9)10-3-6-11(13)7-4-10/h3-4,6-7,9,12H,2,5,8H2,1H3/t9-,12+/m0/s1. The fourth-order valence-electron chi connectivity index (χ4n) is 2.21. The summed E-state index contributed by atoms with van der Waals surface area (Å²) in [6.07, 6.45) is 4.15. The van der Waals surface area contributed by atoms with Gasteiger partial charge in [-0.3, -0.25) is 0 Å². The van der Waals surface area contributed by atoms with E-state index in [1.165, 1.54) is 29.3 Å². The molecule has 0 bridgehead atoms. The fourth-order valence-corrected chi connectivity index (χ4v) is 2.47. The van der Waals surface area contributed by atoms with E-state index in [2.05, 4.69) is 47.1 Å². The van der Waals surface area contributed by atoms with Crippen LogP contribution in [0.5, 0.6) is 0 Å². The highest BCUT2D eigenvalue weighted by atomic mass is 79.9. The molecule has 0 radical (unpaired) electrons. The van der Waals surface area contributed by atoms with Gasteiger partial charge >= 0.3 is 0 Å². The summed E-state index contributed by atoms with van der Waals surface area (Å²) >= 11 is 3.47. The van der Waals surface area contributed by atoms with Gasteiger partial charge in [0.2, 0.25) is 0 Å². The van der Waals surface area contributed by atoms with E-state index in [9.17, 15) is 0 Å². The molecule has 70 valence electrons. The first-order valence-corrected chi connectivity index (χ1v) is 5.86. The van der Waals surface area contributed by atoms with Gasteiger partial charge in [-0.15, -0.1) is 0 Å². The summed E-state index contributed by atoms with van der Waals surface area (Å²) in [5.41, 5.74) is 1.53. The van der Waals surface area contributed by atoms with Crippen LogP contribution in [-0.4, -0.2) is 0 Å². The lowest BCUT2D eigenvalue weighted by atomic mass is 9.69. The van der Waals surface area contributed by atoms with Gasteiger partial charge in [0.1, 0.15) is 0 Å². The van der Waals surface area contributed by atoms with Crippen LogP contribution in [-0.2, 0) is 0 Å². The van der Waals surface area contributed by atoms with Crippen molar-refractivity contribution in [2.75, 3.05) is 0 Å². The van der Waals surface area contributed by atoms with Crippen LogP contribution in [0.3, 0.4) is 0 Å². The van der Waals surface area contributed by atoms with Crippen molar-refractivity contribution in [1.29, 1.82) is 0 Å². The second kappa shape index (κ2) is 3.83. The molecule has 1 heteroatoms. The van der Waals surface area contributed by atoms with Crippen molar-refractivity contribution in [3.05, 3.63) is 34.3 Å². The third kappa shape index (κ3) is 1.80. The predicted molar refractivity (Wildman–Crippen MR) is 59.9 cm³/mol. The lowest BCUT2D eigenvalue weighted by molar-refractivity contribution is 0.247. The molecule has 2 atom stereocenters. The first-order valence-electron chi connectivity index (χ1n) is 5.06. The summed E-state index contributed by atoms with van der Waals surface area (Å²) in [6, 6.07) is 8.83. The fraction of sp³-hybridized carbons (Fsp3) is 0.500. The highest BCUT2D eigenvalue weighted by Gasteiger charge is 2.29. The SMILES string of the molecule is CC[C@H]1CC[C@H]1c1ccc(Br)cc1. The molecule has 1 aliphatic carbocycles. The topological polar surface area (TPSA) is 0 Å². The second-order valence-electron chi connectivity index (χ2n) is 3.90. The van der Waals surface area contributed by atoms with Crippen LogP contribution in [0.1, 0.15) is 37.7 Å². The first-order chi connectivity index (χ1) is 6.31. The minimum absolute atomic E-state index is 0.845. The average Bonchev–Trinajstić information content (AvgIpc) is 2.08. The molecule has 0 spiro atoms. The molecular weight excluding hydrogens is 224 g/mol. The highest BCUT2D eigenvalue weighted by Crippen LogP contribution is 2.44. The minimum atomic E-state index is 0.845. The first kappa shape index (κ1) is 9.26. The number of halogens is 1. The van der Waals surface area contributed by atoms with E-state index in [-0.39, 0.29) is 0 Å². The smallest absolute Gasteiger partial charge is 0.0175 e. The van der Waals surface area contributed by atoms with E-state index in [0.29, 0.717) is 0 Å². The Kier molecular flexibility index (Phi) is 2.73. The molecule has 0 aliphatic heterocycles. The zero-order valence-corrected chi connectivity index (χ0v) is 9.55. The van der Waals surface area contributed by atoms with Crippen LogP contribution in [0.4, 0.5) is 0 Å². The van der Waals surface area contributed by atoms with Crippen LogP contribution in [0.15, 0.2) is 28.7 Å². The number of hydrogen-bond donors (Lipinski definition) is 0. The van der Waals surface area contributed by atoms with Crippen molar-refractivity contribution >= 4 is 15.9 Å². The van der Waals surface area contributed by atoms with Gasteiger partial charge in [-0.1, -0.05) is 41.4 Å². The Hall–Kier alpha value is -0.300. The molecule has 0 unspecified atom stereocenters. The molecule has 1 aromatic carbocycles. The molecule has 1 saturated carbocycles. The Labute approximate surface area is 88.5 Å². The Bertz CT molecular complexity index is 274. The van der Waals surface area contributed by atoms with E-state index >= 15 is 0 Å². The summed E-state index contributed by atoms with van der Waals surface area (Å²) < 4.78 is 1.18. The van der Waals surface area contributed by atoms with Crippen LogP contribution >= 0.6 is 15.9 Å². The van der Waals surface area contributed by atoms with Gasteiger partial charge in [0.25, 0.3) is 0 Å². The van der Waals surface area contributed by atoms with Crippen LogP contribution in [0, 0.1) is 5.92 Å². The zero-order chi connectivity index (χ0) is 9.26. The van der Waals surface area contributed by atoms with Crippen LogP contribution in [0.25, 0.3) is 0 Å². The van der Waals surface area contributed by atoms with Crippen molar-refractivity contribution in [3.8, 4) is 0 Å². The third-order valence-electron chi connectivity index (χ3n) is 3.24. The molecule has 0 amide bonds. The molecule has 0 saturated heterocycles. The van der Waals surface area contributed by atoms with Crippen LogP contribution < -0.4 is 0 Å². The van der Waals surface area contributed by atoms with E-state index in [0.717, 1.165) is 11.8 Å². The maximum Gasteiger partial charge on any atom is 0.0175 e. The number of hydrogen-bond acceptors (Lipinski definition) is 0. The molecule has 13 heavy (non-hydrogen) atoms. The zero-order valence-electron chi connectivity index (χ0n) is 7.96. The van der Waals surface area contributed by atoms with E-state index < -0.39 is 0 Å². The Morgan fingerprint density at radius 2 is 1.92 bits per heavy atom. The van der Waals surface area contributed by atoms with Crippen molar-refractivity contribution in [1.82, 2.24) is 0 Å². The lowest BCUT2D eigenvalue weighted by Crippen LogP contribution is -2.22. The second-order valence-corrected chi connectivity index (χ2v) is 4.82. The van der Waals surface area contributed by atoms with E-state index in [4.69, 9.17) is 0 Å². The summed E-state index contributed by atoms with van der Waals surface area (Å²) in [6.45, 7) is 2.30. The average molecular weight is 239 g/mol. The van der Waals surface area contributed by atoms with E-state index in [1.807, 2.05) is 0 Å². The van der Waals surface area contributed by atoms with Crippen molar-refractivity contribution < 1.29 is 0 Å². The van der Waals surface area contributed by atoms with Gasteiger partial charge in [0.15, 0.2) is 0 Å². The molecule has 1 aromatic rings. The molecule has 1 aliphatic rings. The van der Waals surface area contributed by atoms with Crippen molar-refractivity contribution in [2.24, 2.45) is 5.92 Å². The molecule has 2 rings (SSSR count). The van der Waals surface area contributed by atoms with Crippen molar-refractivity contribution in [2.45, 2.75) is 32.1 Å². The van der Waals surface area contributed by atoms with Gasteiger partial charge in [0.05, 0.1) is 0 Å². The predicted octanol–water partition coefficient (Wildman–Crippen LogP) is 4.35. The highest BCUT2D eigenvalue weighted by molar-refractivity contribution is 9.10. The summed E-state index contributed by atoms with van der Waals surface area (Å²) in [5, 5.41) is 0. The van der Waals surface area contributed by atoms with Gasteiger partial charge in [-0.2, -0.15) is 0 Å². The Morgan fingerprint density at radius 3 is 2.38 bits per heavy atom. The van der Waals surface area contributed by atoms with Gasteiger partial charge < -0.3 is 0 Å². The third-order valence-corrected chi connectivity index (χ3v) is 3.77. The Morgan fingerprint density at radius 1 is 1.23 bits per heavy atom. The molecule has 0 heterocycles. The summed E-state index contributed by atoms with van der Waals surface area (Å²) in [4.78, 5) is 0. The number of benzene rings is 1. The Balaban J connectivity index is 2.12. The molecule has 1 fully saturated rings. The van der Waals surface area contributed by atoms with Gasteiger partial charge in [0, 0.05) is 4.47 Å². The molecule has 0 nitrogen and oxygen atoms in total. The minimum Gasteiger partial charge on any atom is -0.0651 e. The molecule has 0 aromatic heterocycles. The summed E-state index contributed by atoms with van der Waals surface area (Å²) in [7, 11) is 0. The van der Waals surface area contributed by atoms with Gasteiger partial charge in [-0.25, -0.2) is 0 Å². The van der Waals surface area contributed by atoms with Gasteiger partial charge in [-0.05, 0) is 42.4 Å². The molecular formula is C12H15Br. The quantitative estimate of drug-likeness (QED) is 0.719. The van der Waals surface area contributed by atoms with E-state index in [1.54, 1.807) is 0 Å². The monoisotopic (exact) mass is 238 g/mol. The largest absolute Gasteiger partial charge is 0.0651 e. The maximum atomic E-state index is 3.47. The van der Waals surface area contributed by atoms with Crippen molar-refractivity contribution in [3.63, 3.8) is 0 Å². The normalized spacial score (nSPS) is 26.9.